The highest BCUT2D eigenvalue weighted by atomic mass is 79.9. The van der Waals surface area contributed by atoms with Crippen LogP contribution < -0.4 is 16.6 Å². The van der Waals surface area contributed by atoms with Crippen LogP contribution in [-0.4, -0.2) is 4.92 Å². The van der Waals surface area contributed by atoms with Crippen molar-refractivity contribution in [3.05, 3.63) is 56.8 Å². The number of benzene rings is 2. The molecule has 0 amide bonds. The predicted molar refractivity (Wildman–Crippen MR) is 78.3 cm³/mol. The van der Waals surface area contributed by atoms with Crippen LogP contribution in [0.25, 0.3) is 0 Å². The smallest absolute Gasteiger partial charge is 0.273 e. The van der Waals surface area contributed by atoms with E-state index in [4.69, 9.17) is 5.84 Å². The molecule has 20 heavy (non-hydrogen) atoms. The number of non-ortho nitro benzene ring substituents is 1. The van der Waals surface area contributed by atoms with E-state index in [1.807, 2.05) is 0 Å². The van der Waals surface area contributed by atoms with Gasteiger partial charge in [0.25, 0.3) is 5.69 Å². The number of hydrogen-bond donors (Lipinski definition) is 3. The molecule has 8 heteroatoms. The average Bonchev–Trinajstić information content (AvgIpc) is 2.42. The van der Waals surface area contributed by atoms with Crippen LogP contribution >= 0.6 is 15.9 Å². The lowest BCUT2D eigenvalue weighted by molar-refractivity contribution is -0.384. The third-order valence-electron chi connectivity index (χ3n) is 2.50. The Kier molecular flexibility index (Phi) is 4.16. The Morgan fingerprint density at radius 3 is 2.45 bits per heavy atom. The van der Waals surface area contributed by atoms with Gasteiger partial charge in [-0.2, -0.15) is 0 Å². The van der Waals surface area contributed by atoms with Gasteiger partial charge >= 0.3 is 0 Å². The topological polar surface area (TPSA) is 93.2 Å². The van der Waals surface area contributed by atoms with E-state index in [0.29, 0.717) is 21.5 Å². The molecular weight excluding hydrogens is 331 g/mol. The predicted octanol–water partition coefficient (Wildman–Crippen LogP) is 3.53. The third kappa shape index (κ3) is 3.22. The minimum atomic E-state index is -0.534. The number of halogens is 2. The maximum Gasteiger partial charge on any atom is 0.273 e. The van der Waals surface area contributed by atoms with Gasteiger partial charge in [-0.25, -0.2) is 4.39 Å². The Morgan fingerprint density at radius 1 is 1.15 bits per heavy atom. The van der Waals surface area contributed by atoms with Crippen molar-refractivity contribution in [1.29, 1.82) is 0 Å². The Morgan fingerprint density at radius 2 is 1.85 bits per heavy atom. The summed E-state index contributed by atoms with van der Waals surface area (Å²) >= 11 is 3.05. The van der Waals surface area contributed by atoms with Crippen molar-refractivity contribution in [3.8, 4) is 0 Å². The van der Waals surface area contributed by atoms with Crippen molar-refractivity contribution in [2.75, 3.05) is 10.7 Å². The van der Waals surface area contributed by atoms with Crippen LogP contribution in [0.2, 0.25) is 0 Å². The number of hydrazine groups is 1. The molecular formula is C12H10BrFN4O2. The molecule has 6 nitrogen and oxygen atoms in total. The van der Waals surface area contributed by atoms with E-state index in [0.717, 1.165) is 0 Å². The Hall–Kier alpha value is -2.19. The van der Waals surface area contributed by atoms with Crippen LogP contribution in [0.3, 0.4) is 0 Å². The van der Waals surface area contributed by atoms with Gasteiger partial charge in [0, 0.05) is 23.5 Å². The van der Waals surface area contributed by atoms with Gasteiger partial charge in [0.15, 0.2) is 0 Å². The molecule has 4 N–H and O–H groups in total. The van der Waals surface area contributed by atoms with E-state index in [1.54, 1.807) is 12.1 Å². The van der Waals surface area contributed by atoms with Crippen molar-refractivity contribution < 1.29 is 9.31 Å². The maximum atomic E-state index is 13.4. The molecule has 104 valence electrons. The van der Waals surface area contributed by atoms with Crippen molar-refractivity contribution in [2.45, 2.75) is 0 Å². The lowest BCUT2D eigenvalue weighted by Gasteiger charge is -2.09. The highest BCUT2D eigenvalue weighted by Crippen LogP contribution is 2.27. The summed E-state index contributed by atoms with van der Waals surface area (Å²) in [6.07, 6.45) is 0. The molecule has 2 rings (SSSR count). The minimum absolute atomic E-state index is 0.125. The Bertz CT molecular complexity index is 666. The molecule has 0 fully saturated rings. The van der Waals surface area contributed by atoms with Gasteiger partial charge in [-0.05, 0) is 40.2 Å². The van der Waals surface area contributed by atoms with Gasteiger partial charge < -0.3 is 10.7 Å². The Labute approximate surface area is 122 Å². The van der Waals surface area contributed by atoms with Crippen molar-refractivity contribution in [3.63, 3.8) is 0 Å². The molecule has 0 radical (unpaired) electrons. The largest absolute Gasteiger partial charge is 0.355 e. The van der Waals surface area contributed by atoms with E-state index >= 15 is 0 Å². The quantitative estimate of drug-likeness (QED) is 0.449. The SMILES string of the molecule is NNc1cc(Nc2ccc(Br)c(F)c2)cc([N+](=O)[O-])c1. The van der Waals surface area contributed by atoms with Crippen LogP contribution in [0.1, 0.15) is 0 Å². The fourth-order valence-electron chi connectivity index (χ4n) is 1.61. The molecule has 0 bridgehead atoms. The lowest BCUT2D eigenvalue weighted by Crippen LogP contribution is -2.07. The van der Waals surface area contributed by atoms with Crippen molar-refractivity contribution >= 4 is 38.7 Å². The van der Waals surface area contributed by atoms with Crippen molar-refractivity contribution in [1.82, 2.24) is 0 Å². The van der Waals surface area contributed by atoms with E-state index in [-0.39, 0.29) is 5.69 Å². The zero-order valence-corrected chi connectivity index (χ0v) is 11.6. The second-order valence-corrected chi connectivity index (χ2v) is 4.78. The molecule has 0 aliphatic carbocycles. The summed E-state index contributed by atoms with van der Waals surface area (Å²) < 4.78 is 13.7. The number of nitrogens with one attached hydrogen (secondary N) is 2. The van der Waals surface area contributed by atoms with Crippen LogP contribution in [-0.2, 0) is 0 Å². The third-order valence-corrected chi connectivity index (χ3v) is 3.15. The molecule has 0 aliphatic rings. The van der Waals surface area contributed by atoms with E-state index in [9.17, 15) is 14.5 Å². The summed E-state index contributed by atoms with van der Waals surface area (Å²) in [5.41, 5.74) is 3.48. The van der Waals surface area contributed by atoms with Crippen LogP contribution in [0.5, 0.6) is 0 Å². The van der Waals surface area contributed by atoms with Gasteiger partial charge in [0.1, 0.15) is 5.82 Å². The highest BCUT2D eigenvalue weighted by Gasteiger charge is 2.10. The molecule has 0 unspecified atom stereocenters. The summed E-state index contributed by atoms with van der Waals surface area (Å²) in [4.78, 5) is 10.3. The zero-order valence-electron chi connectivity index (χ0n) is 10.1. The molecule has 0 aliphatic heterocycles. The highest BCUT2D eigenvalue weighted by molar-refractivity contribution is 9.10. The number of nitro benzene ring substituents is 1. The summed E-state index contributed by atoms with van der Waals surface area (Å²) in [5, 5.41) is 13.7. The number of anilines is 3. The Balaban J connectivity index is 2.34. The maximum absolute atomic E-state index is 13.4. The number of nitrogen functional groups attached to an aromatic ring is 1. The standard InChI is InChI=1S/C12H10BrFN4O2/c13-11-2-1-7(6-12(11)14)16-8-3-9(17-15)5-10(4-8)18(19)20/h1-6,16-17H,15H2. The molecule has 0 spiro atoms. The first-order chi connectivity index (χ1) is 9.49. The first kappa shape index (κ1) is 14.2. The average molecular weight is 341 g/mol. The lowest BCUT2D eigenvalue weighted by atomic mass is 10.2. The second kappa shape index (κ2) is 5.85. The number of hydrogen-bond acceptors (Lipinski definition) is 5. The van der Waals surface area contributed by atoms with Crippen molar-refractivity contribution in [2.24, 2.45) is 5.84 Å². The molecule has 0 atom stereocenters. The van der Waals surface area contributed by atoms with Crippen LogP contribution in [0.4, 0.5) is 27.1 Å². The second-order valence-electron chi connectivity index (χ2n) is 3.92. The molecule has 0 saturated carbocycles. The molecule has 0 aromatic heterocycles. The zero-order chi connectivity index (χ0) is 14.7. The van der Waals surface area contributed by atoms with Gasteiger partial charge in [-0.3, -0.25) is 16.0 Å². The monoisotopic (exact) mass is 340 g/mol. The summed E-state index contributed by atoms with van der Waals surface area (Å²) in [6, 6.07) is 8.66. The summed E-state index contributed by atoms with van der Waals surface area (Å²) in [5.74, 6) is 4.83. The number of nitrogens with two attached hydrogens (primary N) is 1. The number of nitrogens with zero attached hydrogens (tertiary/aromatic N) is 1. The molecule has 0 heterocycles. The van der Waals surface area contributed by atoms with Crippen LogP contribution in [0, 0.1) is 15.9 Å². The van der Waals surface area contributed by atoms with Gasteiger partial charge in [-0.15, -0.1) is 0 Å². The molecule has 2 aromatic carbocycles. The fourth-order valence-corrected chi connectivity index (χ4v) is 1.86. The fraction of sp³-hybridized carbons (Fsp3) is 0. The first-order valence-corrected chi connectivity index (χ1v) is 6.27. The molecule has 0 saturated heterocycles. The first-order valence-electron chi connectivity index (χ1n) is 5.48. The van der Waals surface area contributed by atoms with Crippen LogP contribution in [0.15, 0.2) is 40.9 Å². The van der Waals surface area contributed by atoms with Gasteiger partial charge in [-0.1, -0.05) is 0 Å². The van der Waals surface area contributed by atoms with Gasteiger partial charge in [0.05, 0.1) is 15.1 Å². The van der Waals surface area contributed by atoms with Gasteiger partial charge in [0.2, 0.25) is 0 Å². The van der Waals surface area contributed by atoms with E-state index in [2.05, 4.69) is 26.7 Å². The van der Waals surface area contributed by atoms with E-state index in [1.165, 1.54) is 24.3 Å². The summed E-state index contributed by atoms with van der Waals surface area (Å²) in [7, 11) is 0. The minimum Gasteiger partial charge on any atom is -0.355 e. The summed E-state index contributed by atoms with van der Waals surface area (Å²) in [6.45, 7) is 0. The normalized spacial score (nSPS) is 10.2. The number of nitro groups is 1. The molecule has 2 aromatic rings. The van der Waals surface area contributed by atoms with E-state index < -0.39 is 10.7 Å². The number of rotatable bonds is 4.